The molecule has 7 nitrogen and oxygen atoms in total. The Morgan fingerprint density at radius 1 is 1.04 bits per heavy atom. The summed E-state index contributed by atoms with van der Waals surface area (Å²) in [5.41, 5.74) is 3.47. The molecular formula is C15H27O7P4S-3. The SMILES string of the molecule is CC(C)=CCC/C(C)=C/CC/C(C)=C\COP(=O)([O-])OP(=O)([O-])[O-].[2H]P=S=P. The lowest BCUT2D eigenvalue weighted by Crippen LogP contribution is -2.19. The molecule has 1 unspecified atom stereocenters. The average molecular weight is 476 g/mol. The molecule has 0 spiro atoms. The first-order valence-electron chi connectivity index (χ1n) is 8.38. The number of hydrogen-bond acceptors (Lipinski definition) is 7. The molecule has 0 N–H and O–H groups in total. The number of phosphoric ester groups is 1. The van der Waals surface area contributed by atoms with Crippen molar-refractivity contribution in [2.75, 3.05) is 6.61 Å². The number of hydrogen-bond donors (Lipinski definition) is 0. The first kappa shape index (κ1) is 27.3. The minimum absolute atomic E-state index is 0.379. The van der Waals surface area contributed by atoms with E-state index in [2.05, 4.69) is 49.8 Å². The molecule has 0 bridgehead atoms. The quantitative estimate of drug-likeness (QED) is 0.327. The lowest BCUT2D eigenvalue weighted by atomic mass is 10.1. The smallest absolute Gasteiger partial charge is 0.272 e. The highest BCUT2D eigenvalue weighted by Crippen LogP contribution is 2.50. The molecule has 0 amide bonds. The van der Waals surface area contributed by atoms with Crippen molar-refractivity contribution >= 4 is 41.7 Å². The molecule has 12 heteroatoms. The van der Waals surface area contributed by atoms with Gasteiger partial charge in [0.15, 0.2) is 0 Å². The summed E-state index contributed by atoms with van der Waals surface area (Å²) in [5, 5.41) is 0. The van der Waals surface area contributed by atoms with Gasteiger partial charge in [-0.25, -0.2) is 0 Å². The largest absolute Gasteiger partial charge is 0.790 e. The van der Waals surface area contributed by atoms with Gasteiger partial charge >= 0.3 is 0 Å². The fourth-order valence-corrected chi connectivity index (χ4v) is 3.18. The van der Waals surface area contributed by atoms with Crippen LogP contribution in [0.1, 0.15) is 53.4 Å². The predicted octanol–water partition coefficient (Wildman–Crippen LogP) is 3.92. The summed E-state index contributed by atoms with van der Waals surface area (Å²) in [4.78, 5) is 31.5. The van der Waals surface area contributed by atoms with E-state index in [0.29, 0.717) is 7.96 Å². The Hall–Kier alpha value is 0.300. The number of allylic oxidation sites excluding steroid dienone is 5. The lowest BCUT2D eigenvalue weighted by Gasteiger charge is -2.34. The number of phosphoric acid groups is 2. The Bertz CT molecular complexity index is 693. The second kappa shape index (κ2) is 16.1. The van der Waals surface area contributed by atoms with Crippen LogP contribution in [0, 0.1) is 0 Å². The van der Waals surface area contributed by atoms with Crippen molar-refractivity contribution in [3.63, 3.8) is 0 Å². The molecule has 0 fully saturated rings. The fraction of sp³-hybridized carbons (Fsp3) is 0.600. The summed E-state index contributed by atoms with van der Waals surface area (Å²) in [6.45, 7) is 7.62. The van der Waals surface area contributed by atoms with Gasteiger partial charge in [-0.05, 0) is 53.4 Å². The minimum Gasteiger partial charge on any atom is -0.790 e. The van der Waals surface area contributed by atoms with E-state index in [1.54, 1.807) is 6.92 Å². The molecule has 1 atom stereocenters. The first-order chi connectivity index (χ1) is 12.8. The van der Waals surface area contributed by atoms with Crippen LogP contribution in [0.5, 0.6) is 0 Å². The van der Waals surface area contributed by atoms with Gasteiger partial charge in [0, 0.05) is 0 Å². The van der Waals surface area contributed by atoms with Crippen LogP contribution in [-0.4, -0.2) is 7.89 Å². The summed E-state index contributed by atoms with van der Waals surface area (Å²) < 4.78 is 35.3. The first-order valence-corrected chi connectivity index (χ1v) is 13.9. The van der Waals surface area contributed by atoms with Gasteiger partial charge in [-0.2, -0.15) is 0 Å². The molecule has 0 aromatic heterocycles. The van der Waals surface area contributed by atoms with Crippen LogP contribution in [0.4, 0.5) is 0 Å². The third kappa shape index (κ3) is 24.3. The monoisotopic (exact) mass is 476 g/mol. The van der Waals surface area contributed by atoms with E-state index in [4.69, 9.17) is 1.28 Å². The van der Waals surface area contributed by atoms with Gasteiger partial charge in [-0.1, -0.05) is 50.9 Å². The van der Waals surface area contributed by atoms with Crippen LogP contribution in [0.3, 0.4) is 0 Å². The summed E-state index contributed by atoms with van der Waals surface area (Å²) >= 11 is 0. The molecule has 27 heavy (non-hydrogen) atoms. The summed E-state index contributed by atoms with van der Waals surface area (Å²) in [6, 6.07) is 0. The highest BCUT2D eigenvalue weighted by atomic mass is 32.7. The normalized spacial score (nSPS) is 15.3. The Morgan fingerprint density at radius 3 is 1.96 bits per heavy atom. The maximum absolute atomic E-state index is 11.0. The van der Waals surface area contributed by atoms with Crippen molar-refractivity contribution in [2.24, 2.45) is 0 Å². The molecule has 0 rings (SSSR count). The Labute approximate surface area is 170 Å². The van der Waals surface area contributed by atoms with Crippen molar-refractivity contribution in [1.29, 1.82) is 1.28 Å². The van der Waals surface area contributed by atoms with Crippen LogP contribution in [-0.2, 0) is 28.1 Å². The molecule has 0 aliphatic carbocycles. The molecule has 0 heterocycles. The molecule has 0 aliphatic rings. The average Bonchev–Trinajstić information content (AvgIpc) is 2.52. The standard InChI is InChI=1S/C15H28O7P2.H2P2S/c1-13(2)7-5-8-14(3)9-6-10-15(4)11-12-21-24(19,20)22-23(16,17)18;1-3-2/h7,9,11H,5-6,8,10,12H2,1-4H3,(H,19,20)(H2,16,17,18);1-2H/p-3/b14-9+,15-11-;/i;1D. The van der Waals surface area contributed by atoms with Crippen LogP contribution < -0.4 is 14.7 Å². The van der Waals surface area contributed by atoms with E-state index in [0.717, 1.165) is 31.3 Å². The number of rotatable bonds is 11. The summed E-state index contributed by atoms with van der Waals surface area (Å²) in [5.74, 6) is 0. The highest BCUT2D eigenvalue weighted by molar-refractivity contribution is 8.17. The van der Waals surface area contributed by atoms with Crippen molar-refractivity contribution < 1.29 is 32.6 Å². The second-order valence-electron chi connectivity index (χ2n) is 5.82. The molecule has 0 aliphatic heterocycles. The molecule has 0 radical (unpaired) electrons. The van der Waals surface area contributed by atoms with E-state index in [1.807, 2.05) is 0 Å². The van der Waals surface area contributed by atoms with E-state index >= 15 is 0 Å². The van der Waals surface area contributed by atoms with E-state index < -0.39 is 15.6 Å². The zero-order valence-electron chi connectivity index (χ0n) is 16.9. The zero-order chi connectivity index (χ0) is 22.2. The maximum atomic E-state index is 11.0. The van der Waals surface area contributed by atoms with Crippen molar-refractivity contribution in [3.05, 3.63) is 34.9 Å². The molecule has 0 saturated heterocycles. The van der Waals surface area contributed by atoms with Gasteiger partial charge in [-0.15, -0.1) is 10.1 Å². The van der Waals surface area contributed by atoms with Crippen LogP contribution >= 0.6 is 31.6 Å². The molecule has 0 aromatic rings. The van der Waals surface area contributed by atoms with E-state index in [-0.39, 0.29) is 6.61 Å². The highest BCUT2D eigenvalue weighted by Gasteiger charge is 2.10. The van der Waals surface area contributed by atoms with Gasteiger partial charge in [-0.3, -0.25) is 8.88 Å². The molecule has 0 aromatic carbocycles. The van der Waals surface area contributed by atoms with Crippen molar-refractivity contribution in [2.45, 2.75) is 53.4 Å². The Balaban J connectivity index is 0. The minimum atomic E-state index is -5.63. The third-order valence-corrected chi connectivity index (χ3v) is 5.05. The van der Waals surface area contributed by atoms with Crippen molar-refractivity contribution in [1.82, 2.24) is 0 Å². The van der Waals surface area contributed by atoms with Crippen molar-refractivity contribution in [3.8, 4) is 0 Å². The second-order valence-corrected chi connectivity index (χ2v) is 10.9. The summed E-state index contributed by atoms with van der Waals surface area (Å²) in [7, 11) is -5.88. The van der Waals surface area contributed by atoms with E-state index in [9.17, 15) is 23.8 Å². The maximum Gasteiger partial charge on any atom is 0.272 e. The topological polar surface area (TPSA) is 122 Å². The summed E-state index contributed by atoms with van der Waals surface area (Å²) in [6.07, 6.45) is 9.35. The predicted molar refractivity (Wildman–Crippen MR) is 112 cm³/mol. The van der Waals surface area contributed by atoms with Gasteiger partial charge < -0.3 is 23.8 Å². The van der Waals surface area contributed by atoms with Gasteiger partial charge in [0.25, 0.3) is 7.82 Å². The van der Waals surface area contributed by atoms with Gasteiger partial charge in [0.05, 0.1) is 14.4 Å². The fourth-order valence-electron chi connectivity index (χ4n) is 1.76. The Morgan fingerprint density at radius 2 is 1.52 bits per heavy atom. The third-order valence-electron chi connectivity index (χ3n) is 2.99. The van der Waals surface area contributed by atoms with Crippen LogP contribution in [0.15, 0.2) is 34.9 Å². The molecular weight excluding hydrogens is 448 g/mol. The molecule has 158 valence electrons. The Kier molecular flexibility index (Phi) is 16.3. The molecule has 0 saturated carbocycles. The van der Waals surface area contributed by atoms with Crippen LogP contribution in [0.2, 0.25) is 0 Å². The van der Waals surface area contributed by atoms with Gasteiger partial charge in [0.2, 0.25) is 0 Å². The van der Waals surface area contributed by atoms with Crippen LogP contribution in [0.25, 0.3) is 0 Å². The zero-order valence-corrected chi connectivity index (χ0v) is 20.4. The van der Waals surface area contributed by atoms with E-state index in [1.165, 1.54) is 27.3 Å². The lowest BCUT2D eigenvalue weighted by molar-refractivity contribution is -0.339. The van der Waals surface area contributed by atoms with Gasteiger partial charge in [0.1, 0.15) is 1.28 Å².